The van der Waals surface area contributed by atoms with Crippen molar-refractivity contribution in [2.45, 2.75) is 39.2 Å². The summed E-state index contributed by atoms with van der Waals surface area (Å²) in [6.45, 7) is 7.70. The van der Waals surface area contributed by atoms with Gasteiger partial charge in [0.25, 0.3) is 0 Å². The van der Waals surface area contributed by atoms with Crippen molar-refractivity contribution in [3.8, 4) is 5.75 Å². The minimum absolute atomic E-state index is 0.116. The number of hydrogen-bond acceptors (Lipinski definition) is 4. The Morgan fingerprint density at radius 1 is 1.30 bits per heavy atom. The van der Waals surface area contributed by atoms with Crippen molar-refractivity contribution in [1.29, 1.82) is 0 Å². The lowest BCUT2D eigenvalue weighted by Crippen LogP contribution is -2.29. The quantitative estimate of drug-likeness (QED) is 0.772. The number of hydrogen-bond donors (Lipinski definition) is 2. The van der Waals surface area contributed by atoms with E-state index in [1.807, 2.05) is 24.3 Å². The van der Waals surface area contributed by atoms with E-state index >= 15 is 0 Å². The molecule has 1 aliphatic carbocycles. The normalized spacial score (nSPS) is 20.7. The van der Waals surface area contributed by atoms with Crippen molar-refractivity contribution >= 4 is 11.6 Å². The molecule has 1 saturated carbocycles. The highest BCUT2D eigenvalue weighted by Crippen LogP contribution is 2.29. The van der Waals surface area contributed by atoms with Crippen molar-refractivity contribution in [2.24, 2.45) is 5.92 Å². The number of rotatable bonds is 8. The average molecular weight is 320 g/mol. The molecule has 1 aliphatic rings. The number of benzene rings is 1. The highest BCUT2D eigenvalue weighted by molar-refractivity contribution is 5.94. The lowest BCUT2D eigenvalue weighted by Gasteiger charge is -2.20. The topological polar surface area (TPSA) is 61.8 Å². The predicted octanol–water partition coefficient (Wildman–Crippen LogP) is 2.51. The van der Waals surface area contributed by atoms with Gasteiger partial charge in [-0.05, 0) is 44.5 Å². The monoisotopic (exact) mass is 320 g/mol. The maximum Gasteiger partial charge on any atom is 0.230 e. The molecule has 1 aromatic carbocycles. The van der Waals surface area contributed by atoms with Crippen molar-refractivity contribution in [3.63, 3.8) is 0 Å². The van der Waals surface area contributed by atoms with Gasteiger partial charge in [0.1, 0.15) is 12.4 Å². The summed E-state index contributed by atoms with van der Waals surface area (Å²) in [5.41, 5.74) is 0.677. The fourth-order valence-corrected chi connectivity index (χ4v) is 2.99. The van der Waals surface area contributed by atoms with E-state index in [9.17, 15) is 9.90 Å². The molecule has 0 heterocycles. The van der Waals surface area contributed by atoms with Crippen molar-refractivity contribution in [2.75, 3.05) is 31.6 Å². The van der Waals surface area contributed by atoms with E-state index in [4.69, 9.17) is 4.74 Å². The number of para-hydroxylation sites is 2. The van der Waals surface area contributed by atoms with Crippen LogP contribution in [0.2, 0.25) is 0 Å². The van der Waals surface area contributed by atoms with Gasteiger partial charge in [-0.3, -0.25) is 4.79 Å². The molecule has 2 unspecified atom stereocenters. The standard InChI is InChI=1S/C18H28N2O3/c1-3-20(4-2)12-13-23-17-11-6-5-9-15(17)19-18(22)14-8-7-10-16(14)21/h5-6,9,11,14,16,21H,3-4,7-8,10,12-13H2,1-2H3,(H,19,22). The van der Waals surface area contributed by atoms with E-state index in [1.165, 1.54) is 0 Å². The largest absolute Gasteiger partial charge is 0.490 e. The molecular formula is C18H28N2O3. The van der Waals surface area contributed by atoms with Crippen LogP contribution >= 0.6 is 0 Å². The molecule has 0 radical (unpaired) electrons. The summed E-state index contributed by atoms with van der Waals surface area (Å²) in [5, 5.41) is 12.8. The van der Waals surface area contributed by atoms with Crippen LogP contribution in [0, 0.1) is 5.92 Å². The molecule has 1 fully saturated rings. The number of nitrogens with one attached hydrogen (secondary N) is 1. The van der Waals surface area contributed by atoms with Crippen LogP contribution in [0.4, 0.5) is 5.69 Å². The molecule has 0 spiro atoms. The minimum Gasteiger partial charge on any atom is -0.490 e. The van der Waals surface area contributed by atoms with Crippen LogP contribution in [0.5, 0.6) is 5.75 Å². The Balaban J connectivity index is 1.93. The zero-order chi connectivity index (χ0) is 16.7. The first-order chi connectivity index (χ1) is 11.2. The number of aliphatic hydroxyl groups excluding tert-OH is 1. The summed E-state index contributed by atoms with van der Waals surface area (Å²) in [6, 6.07) is 7.47. The Morgan fingerprint density at radius 2 is 2.04 bits per heavy atom. The van der Waals surface area contributed by atoms with Gasteiger partial charge in [-0.25, -0.2) is 0 Å². The number of anilines is 1. The Bertz CT molecular complexity index is 503. The van der Waals surface area contributed by atoms with Gasteiger partial charge < -0.3 is 20.1 Å². The van der Waals surface area contributed by atoms with Gasteiger partial charge in [0.05, 0.1) is 17.7 Å². The van der Waals surface area contributed by atoms with Crippen LogP contribution in [0.15, 0.2) is 24.3 Å². The molecule has 1 aromatic rings. The average Bonchev–Trinajstić information content (AvgIpc) is 2.99. The van der Waals surface area contributed by atoms with E-state index in [0.717, 1.165) is 32.5 Å². The maximum absolute atomic E-state index is 12.3. The fourth-order valence-electron chi connectivity index (χ4n) is 2.99. The van der Waals surface area contributed by atoms with Crippen LogP contribution in [-0.4, -0.2) is 48.3 Å². The van der Waals surface area contributed by atoms with Gasteiger partial charge in [-0.15, -0.1) is 0 Å². The number of likely N-dealkylation sites (N-methyl/N-ethyl adjacent to an activating group) is 1. The number of carbonyl (C=O) groups is 1. The number of amides is 1. The molecule has 128 valence electrons. The molecular weight excluding hydrogens is 292 g/mol. The molecule has 2 N–H and O–H groups in total. The third-order valence-corrected chi connectivity index (χ3v) is 4.52. The third kappa shape index (κ3) is 4.94. The van der Waals surface area contributed by atoms with Gasteiger partial charge in [-0.2, -0.15) is 0 Å². The van der Waals surface area contributed by atoms with Crippen LogP contribution in [-0.2, 0) is 4.79 Å². The van der Waals surface area contributed by atoms with Crippen LogP contribution in [0.1, 0.15) is 33.1 Å². The van der Waals surface area contributed by atoms with Crippen LogP contribution in [0.3, 0.4) is 0 Å². The molecule has 23 heavy (non-hydrogen) atoms. The first-order valence-corrected chi connectivity index (χ1v) is 8.58. The second-order valence-electron chi connectivity index (χ2n) is 5.97. The number of aliphatic hydroxyl groups is 1. The first-order valence-electron chi connectivity index (χ1n) is 8.58. The van der Waals surface area contributed by atoms with Crippen molar-refractivity contribution < 1.29 is 14.6 Å². The van der Waals surface area contributed by atoms with Gasteiger partial charge in [0.15, 0.2) is 0 Å². The maximum atomic E-state index is 12.3. The summed E-state index contributed by atoms with van der Waals surface area (Å²) in [5.74, 6) is 0.258. The lowest BCUT2D eigenvalue weighted by atomic mass is 10.1. The van der Waals surface area contributed by atoms with Gasteiger partial charge in [-0.1, -0.05) is 26.0 Å². The van der Waals surface area contributed by atoms with Gasteiger partial charge in [0, 0.05) is 6.54 Å². The SMILES string of the molecule is CCN(CC)CCOc1ccccc1NC(=O)C1CCCC1O. The first kappa shape index (κ1) is 17.8. The summed E-state index contributed by atoms with van der Waals surface area (Å²) in [7, 11) is 0. The Hall–Kier alpha value is -1.59. The smallest absolute Gasteiger partial charge is 0.230 e. The molecule has 5 heteroatoms. The molecule has 5 nitrogen and oxygen atoms in total. The van der Waals surface area contributed by atoms with E-state index in [2.05, 4.69) is 24.1 Å². The molecule has 0 saturated heterocycles. The zero-order valence-electron chi connectivity index (χ0n) is 14.1. The minimum atomic E-state index is -0.522. The second-order valence-corrected chi connectivity index (χ2v) is 5.97. The molecule has 0 aromatic heterocycles. The molecule has 0 aliphatic heterocycles. The number of ether oxygens (including phenoxy) is 1. The number of nitrogens with zero attached hydrogens (tertiary/aromatic N) is 1. The van der Waals surface area contributed by atoms with Gasteiger partial charge in [0.2, 0.25) is 5.91 Å². The zero-order valence-corrected chi connectivity index (χ0v) is 14.1. The predicted molar refractivity (Wildman–Crippen MR) is 91.7 cm³/mol. The molecule has 2 rings (SSSR count). The molecule has 1 amide bonds. The van der Waals surface area contributed by atoms with Crippen molar-refractivity contribution in [3.05, 3.63) is 24.3 Å². The van der Waals surface area contributed by atoms with Crippen LogP contribution < -0.4 is 10.1 Å². The Kier molecular flexibility index (Phi) is 6.86. The summed E-state index contributed by atoms with van der Waals surface area (Å²) in [4.78, 5) is 14.6. The molecule has 0 bridgehead atoms. The third-order valence-electron chi connectivity index (χ3n) is 4.52. The van der Waals surface area contributed by atoms with Crippen LogP contribution in [0.25, 0.3) is 0 Å². The summed E-state index contributed by atoms with van der Waals surface area (Å²) in [6.07, 6.45) is 1.84. The molecule has 2 atom stereocenters. The lowest BCUT2D eigenvalue weighted by molar-refractivity contribution is -0.122. The van der Waals surface area contributed by atoms with Crippen molar-refractivity contribution in [1.82, 2.24) is 4.90 Å². The highest BCUT2D eigenvalue weighted by atomic mass is 16.5. The summed E-state index contributed by atoms with van der Waals surface area (Å²) < 4.78 is 5.84. The highest BCUT2D eigenvalue weighted by Gasteiger charge is 2.31. The summed E-state index contributed by atoms with van der Waals surface area (Å²) >= 11 is 0. The Morgan fingerprint density at radius 3 is 2.70 bits per heavy atom. The van der Waals surface area contributed by atoms with E-state index in [-0.39, 0.29) is 11.8 Å². The number of carbonyl (C=O) groups excluding carboxylic acids is 1. The fraction of sp³-hybridized carbons (Fsp3) is 0.611. The van der Waals surface area contributed by atoms with Gasteiger partial charge >= 0.3 is 0 Å². The Labute approximate surface area is 138 Å². The van der Waals surface area contributed by atoms with E-state index < -0.39 is 6.10 Å². The van der Waals surface area contributed by atoms with E-state index in [0.29, 0.717) is 24.5 Å². The van der Waals surface area contributed by atoms with E-state index in [1.54, 1.807) is 0 Å². The second kappa shape index (κ2) is 8.89.